The number of hydrogen-bond acceptors (Lipinski definition) is 3. The molecule has 3 aromatic rings. The van der Waals surface area contributed by atoms with E-state index in [4.69, 9.17) is 0 Å². The van der Waals surface area contributed by atoms with Crippen LogP contribution in [-0.4, -0.2) is 15.5 Å². The zero-order valence-electron chi connectivity index (χ0n) is 13.5. The Morgan fingerprint density at radius 2 is 2.12 bits per heavy atom. The molecule has 0 radical (unpaired) electrons. The van der Waals surface area contributed by atoms with Gasteiger partial charge in [0.05, 0.1) is 27.8 Å². The number of carbonyl (C=O) groups excluding carboxylic acids is 1. The Hall–Kier alpha value is -2.61. The highest BCUT2D eigenvalue weighted by Gasteiger charge is 2.30. The van der Waals surface area contributed by atoms with Crippen molar-refractivity contribution in [2.24, 2.45) is 0 Å². The lowest BCUT2D eigenvalue weighted by Crippen LogP contribution is -2.15. The molecule has 134 valence electrons. The highest BCUT2D eigenvalue weighted by molar-refractivity contribution is 7.14. The van der Waals surface area contributed by atoms with Crippen LogP contribution in [0.25, 0.3) is 17.2 Å². The van der Waals surface area contributed by atoms with Gasteiger partial charge in [0, 0.05) is 17.3 Å². The van der Waals surface area contributed by atoms with Gasteiger partial charge in [0.15, 0.2) is 0 Å². The van der Waals surface area contributed by atoms with Gasteiger partial charge in [0.2, 0.25) is 0 Å². The van der Waals surface area contributed by atoms with E-state index < -0.39 is 11.7 Å². The topological polar surface area (TPSA) is 46.9 Å². The summed E-state index contributed by atoms with van der Waals surface area (Å²) in [5.74, 6) is -0.190. The molecule has 0 spiro atoms. The molecule has 4 rings (SSSR count). The fourth-order valence-electron chi connectivity index (χ4n) is 3.03. The molecule has 2 aromatic heterocycles. The number of carbonyl (C=O) groups is 1. The Balaban J connectivity index is 1.49. The number of alkyl halides is 3. The third-order valence-electron chi connectivity index (χ3n) is 4.32. The monoisotopic (exact) mass is 377 g/mol. The fourth-order valence-corrected chi connectivity index (χ4v) is 4.19. The van der Waals surface area contributed by atoms with Crippen LogP contribution < -0.4 is 5.32 Å². The van der Waals surface area contributed by atoms with Gasteiger partial charge in [0.1, 0.15) is 0 Å². The Morgan fingerprint density at radius 3 is 2.88 bits per heavy atom. The molecule has 1 aliphatic carbocycles. The third-order valence-corrected chi connectivity index (χ3v) is 5.56. The van der Waals surface area contributed by atoms with Gasteiger partial charge in [-0.1, -0.05) is 0 Å². The van der Waals surface area contributed by atoms with E-state index in [0.717, 1.165) is 31.4 Å². The van der Waals surface area contributed by atoms with Crippen molar-refractivity contribution in [3.05, 3.63) is 57.7 Å². The summed E-state index contributed by atoms with van der Waals surface area (Å²) in [7, 11) is 0. The summed E-state index contributed by atoms with van der Waals surface area (Å²) in [6, 6.07) is 5.31. The van der Waals surface area contributed by atoms with Crippen molar-refractivity contribution in [1.29, 1.82) is 0 Å². The quantitative estimate of drug-likeness (QED) is 0.732. The van der Waals surface area contributed by atoms with E-state index in [1.54, 1.807) is 10.8 Å². The maximum Gasteiger partial charge on any atom is 0.416 e. The number of aryl methyl sites for hydroxylation is 2. The second-order valence-electron chi connectivity index (χ2n) is 6.05. The van der Waals surface area contributed by atoms with Crippen LogP contribution in [0, 0.1) is 0 Å². The van der Waals surface area contributed by atoms with Gasteiger partial charge >= 0.3 is 6.18 Å². The Morgan fingerprint density at radius 1 is 1.27 bits per heavy atom. The summed E-state index contributed by atoms with van der Waals surface area (Å²) in [6.45, 7) is 0. The predicted octanol–water partition coefficient (Wildman–Crippen LogP) is 4.46. The largest absolute Gasteiger partial charge is 0.416 e. The number of benzene rings is 1. The van der Waals surface area contributed by atoms with Gasteiger partial charge in [-0.25, -0.2) is 4.98 Å². The van der Waals surface area contributed by atoms with Crippen molar-refractivity contribution in [2.45, 2.75) is 25.4 Å². The van der Waals surface area contributed by atoms with Crippen molar-refractivity contribution in [3.63, 3.8) is 0 Å². The predicted molar refractivity (Wildman–Crippen MR) is 93.9 cm³/mol. The van der Waals surface area contributed by atoms with Crippen LogP contribution in [0.3, 0.4) is 0 Å². The Labute approximate surface area is 151 Å². The summed E-state index contributed by atoms with van der Waals surface area (Å²) < 4.78 is 39.8. The van der Waals surface area contributed by atoms with Crippen LogP contribution in [0.5, 0.6) is 0 Å². The number of nitrogens with one attached hydrogen (secondary N) is 1. The summed E-state index contributed by atoms with van der Waals surface area (Å²) in [6.07, 6.45) is 3.23. The molecule has 0 fully saturated rings. The summed E-state index contributed by atoms with van der Waals surface area (Å²) in [4.78, 5) is 18.1. The Bertz CT molecular complexity index is 995. The van der Waals surface area contributed by atoms with Crippen LogP contribution in [0.1, 0.15) is 32.1 Å². The normalized spacial score (nSPS) is 14.3. The van der Waals surface area contributed by atoms with E-state index in [9.17, 15) is 18.0 Å². The molecule has 8 heteroatoms. The number of halogens is 3. The number of fused-ring (bicyclic) bond motifs is 2. The standard InChI is InChI=1S/C18H14F3N3OS/c19-18(20,21)12-4-5-14-13(9-12)23-10-24(14)7-6-22-17(25)16-8-11-2-1-3-15(11)26-16/h4-10H,1-3H2,(H,22,25)/b7-6+. The molecular formula is C18H14F3N3OS. The van der Waals surface area contributed by atoms with Gasteiger partial charge in [-0.3, -0.25) is 4.79 Å². The number of amides is 1. The van der Waals surface area contributed by atoms with Gasteiger partial charge in [-0.15, -0.1) is 11.3 Å². The van der Waals surface area contributed by atoms with Crippen molar-refractivity contribution in [3.8, 4) is 0 Å². The highest BCUT2D eigenvalue weighted by atomic mass is 32.1. The minimum atomic E-state index is -4.40. The number of rotatable bonds is 3. The van der Waals surface area contributed by atoms with E-state index in [0.29, 0.717) is 10.4 Å². The highest BCUT2D eigenvalue weighted by Crippen LogP contribution is 2.31. The lowest BCUT2D eigenvalue weighted by molar-refractivity contribution is -0.137. The van der Waals surface area contributed by atoms with Gasteiger partial charge in [-0.2, -0.15) is 13.2 Å². The molecule has 0 saturated carbocycles. The van der Waals surface area contributed by atoms with E-state index in [-0.39, 0.29) is 11.4 Å². The number of nitrogens with zero attached hydrogens (tertiary/aromatic N) is 2. The van der Waals surface area contributed by atoms with E-state index in [1.165, 1.54) is 40.4 Å². The first-order chi connectivity index (χ1) is 12.4. The van der Waals surface area contributed by atoms with Gasteiger partial charge in [0.25, 0.3) is 5.91 Å². The second kappa shape index (κ2) is 6.28. The van der Waals surface area contributed by atoms with Gasteiger partial charge < -0.3 is 9.88 Å². The second-order valence-corrected chi connectivity index (χ2v) is 7.19. The average Bonchev–Trinajstić information content (AvgIpc) is 3.27. The van der Waals surface area contributed by atoms with Crippen molar-refractivity contribution in [1.82, 2.24) is 14.9 Å². The van der Waals surface area contributed by atoms with E-state index in [2.05, 4.69) is 10.3 Å². The molecule has 1 aromatic carbocycles. The number of imidazole rings is 1. The Kier molecular flexibility index (Phi) is 4.07. The van der Waals surface area contributed by atoms with Crippen LogP contribution in [0.4, 0.5) is 13.2 Å². The van der Waals surface area contributed by atoms with Crippen molar-refractivity contribution < 1.29 is 18.0 Å². The molecule has 0 unspecified atom stereocenters. The molecule has 0 aliphatic heterocycles. The summed E-state index contributed by atoms with van der Waals surface area (Å²) in [5.41, 5.74) is 1.28. The van der Waals surface area contributed by atoms with Crippen molar-refractivity contribution in [2.75, 3.05) is 0 Å². The van der Waals surface area contributed by atoms with E-state index >= 15 is 0 Å². The molecular weight excluding hydrogens is 363 g/mol. The van der Waals surface area contributed by atoms with Gasteiger partial charge in [-0.05, 0) is 49.1 Å². The lowest BCUT2D eigenvalue weighted by atomic mass is 10.2. The number of aromatic nitrogens is 2. The SMILES string of the molecule is O=C(N/C=C/n1cnc2cc(C(F)(F)F)ccc21)c1cc2c(s1)CCC2. The molecule has 26 heavy (non-hydrogen) atoms. The zero-order valence-corrected chi connectivity index (χ0v) is 14.3. The van der Waals surface area contributed by atoms with Crippen LogP contribution in [-0.2, 0) is 19.0 Å². The molecule has 0 atom stereocenters. The lowest BCUT2D eigenvalue weighted by Gasteiger charge is -2.06. The van der Waals surface area contributed by atoms with Crippen molar-refractivity contribution >= 4 is 34.5 Å². The smallest absolute Gasteiger partial charge is 0.326 e. The molecule has 4 nitrogen and oxygen atoms in total. The first-order valence-corrected chi connectivity index (χ1v) is 8.86. The molecule has 0 bridgehead atoms. The first kappa shape index (κ1) is 16.8. The van der Waals surface area contributed by atoms with Crippen LogP contribution >= 0.6 is 11.3 Å². The minimum Gasteiger partial charge on any atom is -0.326 e. The van der Waals surface area contributed by atoms with Crippen LogP contribution in [0.15, 0.2) is 36.8 Å². The fraction of sp³-hybridized carbons (Fsp3) is 0.222. The third kappa shape index (κ3) is 3.12. The maximum atomic E-state index is 12.7. The molecule has 1 aliphatic rings. The molecule has 1 N–H and O–H groups in total. The molecule has 2 heterocycles. The maximum absolute atomic E-state index is 12.7. The number of hydrogen-bond donors (Lipinski definition) is 1. The van der Waals surface area contributed by atoms with Crippen LogP contribution in [0.2, 0.25) is 0 Å². The first-order valence-electron chi connectivity index (χ1n) is 8.05. The number of thiophene rings is 1. The minimum absolute atomic E-state index is 0.190. The zero-order chi connectivity index (χ0) is 18.3. The molecule has 1 amide bonds. The van der Waals surface area contributed by atoms with E-state index in [1.807, 2.05) is 6.07 Å². The summed E-state index contributed by atoms with van der Waals surface area (Å²) >= 11 is 1.51. The summed E-state index contributed by atoms with van der Waals surface area (Å²) in [5, 5.41) is 2.69. The average molecular weight is 377 g/mol. The molecule has 0 saturated heterocycles.